The molecule has 0 bridgehead atoms. The van der Waals surface area contributed by atoms with E-state index in [1.165, 1.54) is 6.07 Å². The van der Waals surface area contributed by atoms with Crippen molar-refractivity contribution in [2.24, 2.45) is 0 Å². The summed E-state index contributed by atoms with van der Waals surface area (Å²) < 4.78 is 36.9. The van der Waals surface area contributed by atoms with Crippen molar-refractivity contribution >= 4 is 97.6 Å². The highest BCUT2D eigenvalue weighted by Gasteiger charge is 2.40. The molecule has 2 aliphatic rings. The van der Waals surface area contributed by atoms with E-state index in [4.69, 9.17) is 9.17 Å². The van der Waals surface area contributed by atoms with Crippen molar-refractivity contribution in [2.45, 2.75) is 18.7 Å². The molecule has 1 N–H and O–H groups in total. The van der Waals surface area contributed by atoms with Crippen LogP contribution in [0.25, 0.3) is 93.0 Å². The summed E-state index contributed by atoms with van der Waals surface area (Å²) in [4.78, 5) is 36.7. The molecule has 5 heterocycles. The highest BCUT2D eigenvalue weighted by atomic mass is 32.2. The van der Waals surface area contributed by atoms with Crippen LogP contribution in [-0.4, -0.2) is 28.7 Å². The zero-order chi connectivity index (χ0) is 32.4. The number of aromatic amines is 1. The molecule has 0 saturated carbocycles. The van der Waals surface area contributed by atoms with E-state index in [0.29, 0.717) is 49.6 Å². The van der Waals surface area contributed by atoms with Crippen molar-refractivity contribution in [3.63, 3.8) is 0 Å². The fourth-order valence-electron chi connectivity index (χ4n) is 8.30. The number of hydrogen-bond acceptors (Lipinski definition) is 6. The smallest absolute Gasteiger partial charge is 0.347 e. The van der Waals surface area contributed by atoms with Gasteiger partial charge in [0.25, 0.3) is 11.4 Å². The van der Waals surface area contributed by atoms with Gasteiger partial charge in [-0.25, -0.2) is 14.8 Å². The first-order valence-electron chi connectivity index (χ1n) is 15.7. The number of nitrogens with one attached hydrogen (secondary N) is 1. The Kier molecular flexibility index (Phi) is 4.45. The lowest BCUT2D eigenvalue weighted by Gasteiger charge is -2.26. The number of carbonyl (C=O) groups is 1. The van der Waals surface area contributed by atoms with Gasteiger partial charge in [-0.3, -0.25) is 9.20 Å². The van der Waals surface area contributed by atoms with Crippen molar-refractivity contribution in [1.82, 2.24) is 14.4 Å². The van der Waals surface area contributed by atoms with Crippen LogP contribution in [0.5, 0.6) is 5.75 Å². The normalized spacial score (nSPS) is 14.7. The Labute approximate surface area is 270 Å². The molecule has 0 amide bonds. The molecule has 12 rings (SSSR count). The summed E-state index contributed by atoms with van der Waals surface area (Å²) in [7, 11) is -4.36. The molecule has 7 aromatic carbocycles. The third-order valence-electron chi connectivity index (χ3n) is 10.0. The molecule has 48 heavy (non-hydrogen) atoms. The zero-order valence-electron chi connectivity index (χ0n) is 25.4. The number of para-hydroxylation sites is 4. The van der Waals surface area contributed by atoms with Gasteiger partial charge in [-0.15, -0.1) is 0 Å². The van der Waals surface area contributed by atoms with E-state index in [1.54, 1.807) is 15.0 Å². The highest BCUT2D eigenvalue weighted by molar-refractivity contribution is 7.87. The van der Waals surface area contributed by atoms with Gasteiger partial charge in [0.05, 0.1) is 27.5 Å². The van der Waals surface area contributed by atoms with Gasteiger partial charge in [-0.1, -0.05) is 50.2 Å². The number of carbonyl (C=O) groups excluding carboxylic acids is 1. The molecule has 3 aromatic heterocycles. The lowest BCUT2D eigenvalue weighted by atomic mass is 9.83. The molecule has 10 heteroatoms. The van der Waals surface area contributed by atoms with Gasteiger partial charge < -0.3 is 4.18 Å². The maximum Gasteiger partial charge on any atom is 0.347 e. The van der Waals surface area contributed by atoms with E-state index in [0.717, 1.165) is 43.5 Å². The molecule has 0 radical (unpaired) electrons. The Hall–Kier alpha value is -6.13. The highest BCUT2D eigenvalue weighted by Crippen LogP contribution is 2.53. The molecule has 0 saturated heterocycles. The Bertz CT molecular complexity index is 3340. The van der Waals surface area contributed by atoms with E-state index in [9.17, 15) is 18.0 Å². The minimum absolute atomic E-state index is 0.0590. The zero-order valence-corrected chi connectivity index (χ0v) is 26.2. The summed E-state index contributed by atoms with van der Waals surface area (Å²) in [5.74, 6) is 0.494. The number of imidazole rings is 2. The minimum atomic E-state index is -4.36. The molecule has 0 atom stereocenters. The Balaban J connectivity index is 0.00000138. The molecule has 2 aliphatic heterocycles. The molecular weight excluding hydrogens is 625 g/mol. The van der Waals surface area contributed by atoms with Gasteiger partial charge in [0.1, 0.15) is 10.5 Å². The third-order valence-corrected chi connectivity index (χ3v) is 11.3. The molecule has 0 unspecified atom stereocenters. The van der Waals surface area contributed by atoms with Crippen molar-refractivity contribution in [3.05, 3.63) is 101 Å². The monoisotopic (exact) mass is 645 g/mol. The lowest BCUT2D eigenvalue weighted by molar-refractivity contribution is -0.530. The van der Waals surface area contributed by atoms with Crippen LogP contribution in [0.3, 0.4) is 0 Å². The van der Waals surface area contributed by atoms with Crippen LogP contribution in [0.15, 0.2) is 94.6 Å². The maximum atomic E-state index is 14.2. The number of benzene rings is 7. The standard InChI is InChI=1S/C36H14N4O5S.C2H6/c41-35-19-13-25-31-29-15(9-11-17(27(19)29)33-37-21-5-1-3-7-23(21)39(33)35)16-10-12-18-28-20(14-26(32(31)30(16)28)46(43,44)45-25)36(42)40-24-8-4-2-6-22(24)38-34(18)40;1-2/h1-14H;1-2H3/p+1. The number of pyridine rings is 1. The van der Waals surface area contributed by atoms with Gasteiger partial charge in [-0.05, 0) is 59.3 Å². The number of hydrogen-bond donors (Lipinski definition) is 1. The first-order valence-corrected chi connectivity index (χ1v) is 17.1. The van der Waals surface area contributed by atoms with Gasteiger partial charge in [0.15, 0.2) is 16.8 Å². The van der Waals surface area contributed by atoms with E-state index in [2.05, 4.69) is 4.98 Å². The average Bonchev–Trinajstić information content (AvgIpc) is 3.69. The van der Waals surface area contributed by atoms with E-state index in [-0.39, 0.29) is 27.5 Å². The van der Waals surface area contributed by atoms with Crippen molar-refractivity contribution in [2.75, 3.05) is 0 Å². The first kappa shape index (κ1) is 26.0. The van der Waals surface area contributed by atoms with Crippen molar-refractivity contribution in [1.29, 1.82) is 0 Å². The largest absolute Gasteiger partial charge is 0.378 e. The third kappa shape index (κ3) is 2.72. The summed E-state index contributed by atoms with van der Waals surface area (Å²) in [6.45, 7) is 4.00. The van der Waals surface area contributed by atoms with Gasteiger partial charge in [-0.2, -0.15) is 13.0 Å². The fourth-order valence-corrected chi connectivity index (χ4v) is 9.48. The summed E-state index contributed by atoms with van der Waals surface area (Å²) in [5.41, 5.74) is 4.24. The summed E-state index contributed by atoms with van der Waals surface area (Å²) in [5, 5.41) is 6.58. The second-order valence-corrected chi connectivity index (χ2v) is 13.7. The van der Waals surface area contributed by atoms with E-state index >= 15 is 0 Å². The minimum Gasteiger partial charge on any atom is -0.378 e. The van der Waals surface area contributed by atoms with Crippen LogP contribution >= 0.6 is 0 Å². The summed E-state index contributed by atoms with van der Waals surface area (Å²) in [6.07, 6.45) is 0. The molecule has 228 valence electrons. The molecule has 0 fully saturated rings. The average molecular weight is 646 g/mol. The Morgan fingerprint density at radius 3 is 2.31 bits per heavy atom. The SMILES string of the molecule is CC.O=C1c2cc3c4c5c(cc6c(=O)n7c8ccccc8nc7c7ccc(c8ccc(c2c84)-c2[nH]c4ccccc4[n+]21)c5c67)S(=O)(=O)O3. The van der Waals surface area contributed by atoms with Gasteiger partial charge in [0.2, 0.25) is 0 Å². The number of aromatic nitrogens is 4. The van der Waals surface area contributed by atoms with Gasteiger partial charge in [0, 0.05) is 37.7 Å². The Morgan fingerprint density at radius 2 is 1.46 bits per heavy atom. The van der Waals surface area contributed by atoms with Crippen LogP contribution < -0.4 is 14.3 Å². The molecular formula is C38H21N4O5S+. The van der Waals surface area contributed by atoms with Gasteiger partial charge >= 0.3 is 16.0 Å². The second-order valence-electron chi connectivity index (χ2n) is 12.1. The molecule has 0 aliphatic carbocycles. The number of rotatable bonds is 0. The quantitative estimate of drug-likeness (QED) is 0.0820. The lowest BCUT2D eigenvalue weighted by Crippen LogP contribution is -2.46. The fraction of sp³-hybridized carbons (Fsp3) is 0.0526. The first-order chi connectivity index (χ1) is 23.4. The molecule has 10 aromatic rings. The molecule has 9 nitrogen and oxygen atoms in total. The summed E-state index contributed by atoms with van der Waals surface area (Å²) >= 11 is 0. The maximum absolute atomic E-state index is 14.2. The van der Waals surface area contributed by atoms with Crippen LogP contribution in [0.2, 0.25) is 0 Å². The van der Waals surface area contributed by atoms with Crippen LogP contribution in [0.1, 0.15) is 24.2 Å². The predicted molar refractivity (Wildman–Crippen MR) is 185 cm³/mol. The van der Waals surface area contributed by atoms with E-state index in [1.807, 2.05) is 86.6 Å². The van der Waals surface area contributed by atoms with E-state index < -0.39 is 10.1 Å². The summed E-state index contributed by atoms with van der Waals surface area (Å²) in [6, 6.07) is 26.0. The van der Waals surface area contributed by atoms with Crippen LogP contribution in [-0.2, 0) is 10.1 Å². The topological polar surface area (TPSA) is 114 Å². The number of H-pyrrole nitrogens is 1. The van der Waals surface area contributed by atoms with Crippen molar-refractivity contribution < 1.29 is 22.0 Å². The van der Waals surface area contributed by atoms with Crippen LogP contribution in [0, 0.1) is 0 Å². The predicted octanol–water partition coefficient (Wildman–Crippen LogP) is 7.03. The second kappa shape index (κ2) is 8.23. The molecule has 0 spiro atoms. The number of fused-ring (bicyclic) bond motifs is 9. The number of nitrogens with zero attached hydrogens (tertiary/aromatic N) is 3. The van der Waals surface area contributed by atoms with Crippen molar-refractivity contribution in [3.8, 4) is 17.1 Å². The van der Waals surface area contributed by atoms with Crippen LogP contribution in [0.4, 0.5) is 0 Å². The Morgan fingerprint density at radius 1 is 0.729 bits per heavy atom.